The van der Waals surface area contributed by atoms with Gasteiger partial charge < -0.3 is 0 Å². The van der Waals surface area contributed by atoms with Crippen LogP contribution in [0.4, 0.5) is 0 Å². The zero-order valence-corrected chi connectivity index (χ0v) is 9.34. The molecule has 0 bridgehead atoms. The largest absolute Gasteiger partial charge is 0.192 e. The minimum atomic E-state index is 0.707. The van der Waals surface area contributed by atoms with Gasteiger partial charge >= 0.3 is 0 Å². The van der Waals surface area contributed by atoms with E-state index in [1.165, 1.54) is 0 Å². The second kappa shape index (κ2) is 6.09. The van der Waals surface area contributed by atoms with Crippen molar-refractivity contribution in [3.8, 4) is 0 Å². The molecule has 9 heavy (non-hydrogen) atoms. The lowest BCUT2D eigenvalue weighted by molar-refractivity contribution is 1.07. The Balaban J connectivity index is 3.06. The van der Waals surface area contributed by atoms with E-state index in [0.29, 0.717) is 5.82 Å². The minimum Gasteiger partial charge on any atom is -0.155 e. The SMILES string of the molecule is CPB(I)[B][B]C(C)C. The van der Waals surface area contributed by atoms with Crippen LogP contribution in [0, 0.1) is 0 Å². The van der Waals surface area contributed by atoms with Crippen molar-refractivity contribution in [2.45, 2.75) is 19.7 Å². The number of rotatable bonds is 4. The highest BCUT2D eigenvalue weighted by atomic mass is 127. The van der Waals surface area contributed by atoms with Gasteiger partial charge in [-0.05, 0) is 0 Å². The van der Waals surface area contributed by atoms with E-state index in [0.717, 1.165) is 12.6 Å². The second-order valence-corrected chi connectivity index (χ2v) is 6.04. The van der Waals surface area contributed by atoms with E-state index >= 15 is 0 Å². The molecule has 0 aromatic rings. The van der Waals surface area contributed by atoms with Crippen LogP contribution in [-0.4, -0.2) is 25.1 Å². The van der Waals surface area contributed by atoms with Crippen molar-refractivity contribution in [3.63, 3.8) is 0 Å². The predicted octanol–water partition coefficient (Wildman–Crippen LogP) is 1.87. The van der Waals surface area contributed by atoms with Crippen LogP contribution >= 0.6 is 30.8 Å². The Morgan fingerprint density at radius 2 is 2.11 bits per heavy atom. The molecular formula is C4H11B3IP. The maximum atomic E-state index is 2.46. The molecule has 0 aromatic carbocycles. The molecule has 0 amide bonds. The Labute approximate surface area is 75.5 Å². The molecule has 0 aliphatic rings. The fourth-order valence-electron chi connectivity index (χ4n) is 0.416. The van der Waals surface area contributed by atoms with Gasteiger partial charge in [-0.25, -0.2) is 0 Å². The van der Waals surface area contributed by atoms with E-state index in [1.54, 1.807) is 0 Å². The molecular weight excluding hydrogens is 238 g/mol. The normalized spacial score (nSPS) is 10.8. The molecule has 1 unspecified atom stereocenters. The second-order valence-electron chi connectivity index (χ2n) is 2.32. The molecule has 1 atom stereocenters. The molecule has 0 rings (SSSR count). The molecule has 0 aliphatic carbocycles. The first kappa shape index (κ1) is 10.4. The Morgan fingerprint density at radius 1 is 1.56 bits per heavy atom. The molecule has 0 fully saturated rings. The van der Waals surface area contributed by atoms with Gasteiger partial charge in [-0.15, -0.1) is 0 Å². The van der Waals surface area contributed by atoms with Gasteiger partial charge in [-0.3, -0.25) is 0 Å². The summed E-state index contributed by atoms with van der Waals surface area (Å²) in [6, 6.07) is 0. The van der Waals surface area contributed by atoms with Crippen molar-refractivity contribution in [2.75, 3.05) is 6.66 Å². The summed E-state index contributed by atoms with van der Waals surface area (Å²) in [7, 11) is 5.60. The van der Waals surface area contributed by atoms with Gasteiger partial charge in [0.2, 0.25) is 0 Å². The third-order valence-corrected chi connectivity index (χ3v) is 3.97. The van der Waals surface area contributed by atoms with Gasteiger partial charge in [-0.1, -0.05) is 26.3 Å². The lowest BCUT2D eigenvalue weighted by Gasteiger charge is -2.02. The van der Waals surface area contributed by atoms with Gasteiger partial charge in [0.05, 0.1) is 14.2 Å². The monoisotopic (exact) mass is 250 g/mol. The van der Waals surface area contributed by atoms with Crippen LogP contribution in [0.2, 0.25) is 5.82 Å². The topological polar surface area (TPSA) is 0 Å². The highest BCUT2D eigenvalue weighted by Gasteiger charge is 2.07. The summed E-state index contributed by atoms with van der Waals surface area (Å²) >= 11 is 2.46. The first-order valence-corrected chi connectivity index (χ1v) is 5.98. The summed E-state index contributed by atoms with van der Waals surface area (Å²) in [5.41, 5.74) is 0. The Kier molecular flexibility index (Phi) is 7.01. The fraction of sp³-hybridized carbons (Fsp3) is 1.00. The van der Waals surface area contributed by atoms with Crippen LogP contribution in [0.3, 0.4) is 0 Å². The van der Waals surface area contributed by atoms with Gasteiger partial charge in [0.25, 0.3) is 0 Å². The van der Waals surface area contributed by atoms with E-state index in [4.69, 9.17) is 0 Å². The number of hydrogen-bond acceptors (Lipinski definition) is 0. The fourth-order valence-corrected chi connectivity index (χ4v) is 0.959. The van der Waals surface area contributed by atoms with E-state index < -0.39 is 0 Å². The quantitative estimate of drug-likeness (QED) is 0.405. The molecule has 2 radical (unpaired) electrons. The lowest BCUT2D eigenvalue weighted by Crippen LogP contribution is -2.18. The minimum absolute atomic E-state index is 0.707. The molecule has 0 saturated heterocycles. The van der Waals surface area contributed by atoms with Gasteiger partial charge in [0, 0.05) is 0 Å². The summed E-state index contributed by atoms with van der Waals surface area (Å²) < 4.78 is 0.755. The zero-order valence-electron chi connectivity index (χ0n) is 6.19. The van der Waals surface area contributed by atoms with Crippen molar-refractivity contribution in [1.29, 1.82) is 0 Å². The molecule has 0 aliphatic heterocycles. The average molecular weight is 249 g/mol. The Hall–Kier alpha value is 1.35. The van der Waals surface area contributed by atoms with Crippen LogP contribution in [-0.2, 0) is 0 Å². The first-order valence-electron chi connectivity index (χ1n) is 3.16. The Morgan fingerprint density at radius 3 is 2.44 bits per heavy atom. The van der Waals surface area contributed by atoms with Gasteiger partial charge in [0.1, 0.15) is 0 Å². The average Bonchev–Trinajstić information content (AvgIpc) is 1.83. The summed E-state index contributed by atoms with van der Waals surface area (Å²) in [5.74, 6) is 0.707. The molecule has 5 heteroatoms. The van der Waals surface area contributed by atoms with Crippen molar-refractivity contribution in [3.05, 3.63) is 0 Å². The Bertz CT molecular complexity index is 70.8. The van der Waals surface area contributed by atoms with Crippen LogP contribution in [0.5, 0.6) is 0 Å². The van der Waals surface area contributed by atoms with Crippen LogP contribution in [0.15, 0.2) is 0 Å². The number of hydrogen-bond donors (Lipinski definition) is 0. The molecule has 0 N–H and O–H groups in total. The van der Waals surface area contributed by atoms with Gasteiger partial charge in [-0.2, -0.15) is 30.8 Å². The summed E-state index contributed by atoms with van der Waals surface area (Å²) in [6.07, 6.45) is 0. The first-order chi connectivity index (χ1) is 4.16. The van der Waals surface area contributed by atoms with Crippen molar-refractivity contribution < 1.29 is 0 Å². The smallest absolute Gasteiger partial charge is 0.155 e. The highest BCUT2D eigenvalue weighted by Crippen LogP contribution is 2.14. The maximum Gasteiger partial charge on any atom is 0.192 e. The summed E-state index contributed by atoms with van der Waals surface area (Å²) in [5, 5.41) is 0. The lowest BCUT2D eigenvalue weighted by atomic mass is 9.24. The van der Waals surface area contributed by atoms with Crippen LogP contribution in [0.1, 0.15) is 13.8 Å². The molecule has 0 nitrogen and oxygen atoms in total. The van der Waals surface area contributed by atoms with E-state index in [1.807, 2.05) is 0 Å². The predicted molar refractivity (Wildman–Crippen MR) is 60.6 cm³/mol. The zero-order chi connectivity index (χ0) is 7.28. The summed E-state index contributed by atoms with van der Waals surface area (Å²) in [4.78, 5) is 0. The maximum absolute atomic E-state index is 2.46. The van der Waals surface area contributed by atoms with E-state index in [9.17, 15) is 0 Å². The standard InChI is InChI=1S/C4H11B3IP/c1-4(2)5-6-7(8)9-3/h4,9H,1-3H3. The molecule has 0 heterocycles. The van der Waals surface area contributed by atoms with Crippen molar-refractivity contribution >= 4 is 49.2 Å². The van der Waals surface area contributed by atoms with Crippen molar-refractivity contribution in [1.82, 2.24) is 0 Å². The molecule has 0 aromatic heterocycles. The third kappa shape index (κ3) is 7.25. The van der Waals surface area contributed by atoms with E-state index in [-0.39, 0.29) is 0 Å². The molecule has 0 spiro atoms. The van der Waals surface area contributed by atoms with Crippen molar-refractivity contribution in [2.24, 2.45) is 0 Å². The van der Waals surface area contributed by atoms with Crippen LogP contribution in [0.25, 0.3) is 0 Å². The molecule has 48 valence electrons. The third-order valence-electron chi connectivity index (χ3n) is 0.941. The highest BCUT2D eigenvalue weighted by molar-refractivity contribution is 14.1. The van der Waals surface area contributed by atoms with E-state index in [2.05, 4.69) is 57.1 Å². The van der Waals surface area contributed by atoms with Crippen LogP contribution < -0.4 is 0 Å². The van der Waals surface area contributed by atoms with Gasteiger partial charge in [0.15, 0.2) is 4.18 Å². The molecule has 0 saturated carbocycles. The number of halogens is 1. The summed E-state index contributed by atoms with van der Waals surface area (Å²) in [6.45, 7) is 6.65.